The number of hydrogen-bond donors (Lipinski definition) is 1. The van der Waals surface area contributed by atoms with E-state index in [2.05, 4.69) is 5.32 Å². The van der Waals surface area contributed by atoms with E-state index in [1.807, 2.05) is 4.90 Å². The molecular formula is C17H22F3N3O2. The van der Waals surface area contributed by atoms with Crippen molar-refractivity contribution in [3.63, 3.8) is 0 Å². The summed E-state index contributed by atoms with van der Waals surface area (Å²) in [6.07, 6.45) is -0.271. The standard InChI is InChI=1S/C17H22F3N3O2/c18-13-2-3-14(15(12-13)22-8-10-25-11-9-22)21-16(24)23-6-1-4-17(19,20)5-7-23/h2-3,12H,1,4-11H2,(H,21,24). The molecule has 0 unspecified atom stereocenters. The van der Waals surface area contributed by atoms with Crippen LogP contribution in [0.15, 0.2) is 18.2 Å². The summed E-state index contributed by atoms with van der Waals surface area (Å²) in [6.45, 7) is 2.56. The summed E-state index contributed by atoms with van der Waals surface area (Å²) < 4.78 is 45.9. The van der Waals surface area contributed by atoms with Gasteiger partial charge in [0.05, 0.1) is 24.6 Å². The van der Waals surface area contributed by atoms with Crippen LogP contribution in [0.3, 0.4) is 0 Å². The summed E-state index contributed by atoms with van der Waals surface area (Å²) in [5.74, 6) is -3.11. The van der Waals surface area contributed by atoms with E-state index in [0.717, 1.165) is 0 Å². The van der Waals surface area contributed by atoms with Crippen molar-refractivity contribution in [1.29, 1.82) is 0 Å². The minimum atomic E-state index is -2.72. The molecule has 0 atom stereocenters. The molecule has 138 valence electrons. The maximum absolute atomic E-state index is 13.7. The lowest BCUT2D eigenvalue weighted by Gasteiger charge is -2.31. The third-order valence-electron chi connectivity index (χ3n) is 4.56. The van der Waals surface area contributed by atoms with Gasteiger partial charge in [-0.05, 0) is 24.6 Å². The topological polar surface area (TPSA) is 44.8 Å². The van der Waals surface area contributed by atoms with E-state index in [1.54, 1.807) is 0 Å². The number of amides is 2. The van der Waals surface area contributed by atoms with E-state index in [9.17, 15) is 18.0 Å². The lowest BCUT2D eigenvalue weighted by atomic mass is 10.1. The van der Waals surface area contributed by atoms with Crippen LogP contribution < -0.4 is 10.2 Å². The summed E-state index contributed by atoms with van der Waals surface area (Å²) in [7, 11) is 0. The molecule has 0 aliphatic carbocycles. The number of nitrogens with zero attached hydrogens (tertiary/aromatic N) is 2. The molecule has 2 fully saturated rings. The van der Waals surface area contributed by atoms with Crippen LogP contribution in [0.4, 0.5) is 29.3 Å². The third kappa shape index (κ3) is 4.56. The van der Waals surface area contributed by atoms with Gasteiger partial charge in [-0.2, -0.15) is 0 Å². The summed E-state index contributed by atoms with van der Waals surface area (Å²) in [4.78, 5) is 15.8. The summed E-state index contributed by atoms with van der Waals surface area (Å²) in [5.41, 5.74) is 1.06. The van der Waals surface area contributed by atoms with Gasteiger partial charge in [-0.25, -0.2) is 18.0 Å². The van der Waals surface area contributed by atoms with Crippen molar-refractivity contribution in [2.45, 2.75) is 25.2 Å². The number of rotatable bonds is 2. The Kier molecular flexibility index (Phi) is 5.36. The van der Waals surface area contributed by atoms with Crippen LogP contribution in [0.5, 0.6) is 0 Å². The molecule has 2 saturated heterocycles. The zero-order valence-corrected chi connectivity index (χ0v) is 13.9. The van der Waals surface area contributed by atoms with Crippen LogP contribution in [-0.2, 0) is 4.74 Å². The van der Waals surface area contributed by atoms with Gasteiger partial charge in [-0.1, -0.05) is 0 Å². The van der Waals surface area contributed by atoms with Gasteiger partial charge in [0.2, 0.25) is 5.92 Å². The second-order valence-corrected chi connectivity index (χ2v) is 6.39. The van der Waals surface area contributed by atoms with Gasteiger partial charge in [0.15, 0.2) is 0 Å². The number of urea groups is 1. The van der Waals surface area contributed by atoms with Crippen molar-refractivity contribution < 1.29 is 22.7 Å². The zero-order chi connectivity index (χ0) is 17.9. The molecule has 2 heterocycles. The van der Waals surface area contributed by atoms with Crippen molar-refractivity contribution in [3.05, 3.63) is 24.0 Å². The number of benzene rings is 1. The predicted molar refractivity (Wildman–Crippen MR) is 88.8 cm³/mol. The van der Waals surface area contributed by atoms with Gasteiger partial charge in [0.1, 0.15) is 5.82 Å². The molecule has 0 spiro atoms. The van der Waals surface area contributed by atoms with Gasteiger partial charge >= 0.3 is 6.03 Å². The molecule has 0 aromatic heterocycles. The normalized spacial score (nSPS) is 20.9. The highest BCUT2D eigenvalue weighted by atomic mass is 19.3. The summed E-state index contributed by atoms with van der Waals surface area (Å²) in [6, 6.07) is 3.72. The van der Waals surface area contributed by atoms with Crippen LogP contribution >= 0.6 is 0 Å². The predicted octanol–water partition coefficient (Wildman–Crippen LogP) is 3.32. The van der Waals surface area contributed by atoms with Gasteiger partial charge in [0.25, 0.3) is 0 Å². The van der Waals surface area contributed by atoms with Gasteiger partial charge in [-0.15, -0.1) is 0 Å². The van der Waals surface area contributed by atoms with Crippen molar-refractivity contribution in [2.75, 3.05) is 49.6 Å². The van der Waals surface area contributed by atoms with Crippen molar-refractivity contribution in [3.8, 4) is 0 Å². The minimum Gasteiger partial charge on any atom is -0.378 e. The van der Waals surface area contributed by atoms with E-state index in [0.29, 0.717) is 37.7 Å². The number of carbonyl (C=O) groups excluding carboxylic acids is 1. The zero-order valence-electron chi connectivity index (χ0n) is 13.9. The van der Waals surface area contributed by atoms with E-state index in [4.69, 9.17) is 4.74 Å². The Morgan fingerprint density at radius 1 is 1.12 bits per heavy atom. The maximum Gasteiger partial charge on any atom is 0.321 e. The van der Waals surface area contributed by atoms with Gasteiger partial charge in [0, 0.05) is 39.0 Å². The second-order valence-electron chi connectivity index (χ2n) is 6.39. The van der Waals surface area contributed by atoms with Crippen LogP contribution in [0.1, 0.15) is 19.3 Å². The first-order valence-electron chi connectivity index (χ1n) is 8.51. The summed E-state index contributed by atoms with van der Waals surface area (Å²) in [5, 5.41) is 2.75. The molecule has 8 heteroatoms. The average molecular weight is 357 g/mol. The van der Waals surface area contributed by atoms with E-state index in [1.165, 1.54) is 23.1 Å². The molecule has 0 radical (unpaired) electrons. The Morgan fingerprint density at radius 2 is 1.88 bits per heavy atom. The van der Waals surface area contributed by atoms with Crippen LogP contribution in [0.25, 0.3) is 0 Å². The molecule has 2 aliphatic rings. The molecule has 0 bridgehead atoms. The molecular weight excluding hydrogens is 335 g/mol. The van der Waals surface area contributed by atoms with Crippen LogP contribution in [-0.4, -0.2) is 56.2 Å². The number of morpholine rings is 1. The second kappa shape index (κ2) is 7.51. The maximum atomic E-state index is 13.7. The third-order valence-corrected chi connectivity index (χ3v) is 4.56. The molecule has 0 saturated carbocycles. The Balaban J connectivity index is 1.72. The highest BCUT2D eigenvalue weighted by Crippen LogP contribution is 2.30. The number of nitrogens with one attached hydrogen (secondary N) is 1. The largest absolute Gasteiger partial charge is 0.378 e. The number of halogens is 3. The number of likely N-dealkylation sites (tertiary alicyclic amines) is 1. The lowest BCUT2D eigenvalue weighted by molar-refractivity contribution is -0.0121. The number of carbonyl (C=O) groups is 1. The first-order chi connectivity index (χ1) is 11.9. The molecule has 25 heavy (non-hydrogen) atoms. The van der Waals surface area contributed by atoms with Crippen molar-refractivity contribution >= 4 is 17.4 Å². The Labute approximate surface area is 144 Å². The van der Waals surface area contributed by atoms with E-state index < -0.39 is 17.8 Å². The quantitative estimate of drug-likeness (QED) is 0.883. The smallest absolute Gasteiger partial charge is 0.321 e. The van der Waals surface area contributed by atoms with E-state index >= 15 is 0 Å². The lowest BCUT2D eigenvalue weighted by Crippen LogP contribution is -2.39. The first kappa shape index (κ1) is 17.8. The molecule has 5 nitrogen and oxygen atoms in total. The first-order valence-corrected chi connectivity index (χ1v) is 8.51. The number of anilines is 2. The van der Waals surface area contributed by atoms with Crippen molar-refractivity contribution in [1.82, 2.24) is 4.90 Å². The number of hydrogen-bond acceptors (Lipinski definition) is 3. The highest BCUT2D eigenvalue weighted by molar-refractivity contribution is 5.93. The average Bonchev–Trinajstić information content (AvgIpc) is 2.78. The fraction of sp³-hybridized carbons (Fsp3) is 0.588. The molecule has 2 aliphatic heterocycles. The SMILES string of the molecule is O=C(Nc1ccc(F)cc1N1CCOCC1)N1CCCC(F)(F)CC1. The molecule has 2 amide bonds. The fourth-order valence-electron chi connectivity index (χ4n) is 3.14. The van der Waals surface area contributed by atoms with E-state index in [-0.39, 0.29) is 32.4 Å². The van der Waals surface area contributed by atoms with Crippen LogP contribution in [0.2, 0.25) is 0 Å². The monoisotopic (exact) mass is 357 g/mol. The number of alkyl halides is 2. The Bertz CT molecular complexity index is 621. The Hall–Kier alpha value is -1.96. The molecule has 1 aromatic rings. The van der Waals surface area contributed by atoms with Crippen molar-refractivity contribution in [2.24, 2.45) is 0 Å². The molecule has 1 aromatic carbocycles. The molecule has 3 rings (SSSR count). The fourth-order valence-corrected chi connectivity index (χ4v) is 3.14. The van der Waals surface area contributed by atoms with Gasteiger partial charge in [-0.3, -0.25) is 0 Å². The molecule has 1 N–H and O–H groups in total. The minimum absolute atomic E-state index is 0.00686. The highest BCUT2D eigenvalue weighted by Gasteiger charge is 2.33. The summed E-state index contributed by atoms with van der Waals surface area (Å²) >= 11 is 0. The van der Waals surface area contributed by atoms with Gasteiger partial charge < -0.3 is 19.9 Å². The Morgan fingerprint density at radius 3 is 2.64 bits per heavy atom. The van der Waals surface area contributed by atoms with Crippen LogP contribution in [0, 0.1) is 5.82 Å². The number of ether oxygens (including phenoxy) is 1.